The van der Waals surface area contributed by atoms with Crippen LogP contribution in [-0.4, -0.2) is 31.4 Å². The van der Waals surface area contributed by atoms with Crippen molar-refractivity contribution in [3.8, 4) is 0 Å². The molecule has 1 aliphatic rings. The molecule has 0 radical (unpaired) electrons. The van der Waals surface area contributed by atoms with Crippen molar-refractivity contribution in [1.29, 1.82) is 0 Å². The van der Waals surface area contributed by atoms with Gasteiger partial charge in [0.2, 0.25) is 0 Å². The van der Waals surface area contributed by atoms with E-state index in [1.807, 2.05) is 0 Å². The molecular weight excluding hydrogens is 248 g/mol. The molecular formula is C13H14N2O4. The monoisotopic (exact) mass is 262 g/mol. The van der Waals surface area contributed by atoms with E-state index in [9.17, 15) is 14.4 Å². The van der Waals surface area contributed by atoms with Gasteiger partial charge in [-0.05, 0) is 13.0 Å². The van der Waals surface area contributed by atoms with Crippen molar-refractivity contribution in [3.63, 3.8) is 0 Å². The summed E-state index contributed by atoms with van der Waals surface area (Å²) in [6.45, 7) is 1.72. The van der Waals surface area contributed by atoms with Crippen LogP contribution >= 0.6 is 0 Å². The van der Waals surface area contributed by atoms with Crippen LogP contribution in [0.4, 0.5) is 5.69 Å². The Hall–Kier alpha value is -2.37. The number of benzene rings is 1. The molecule has 0 saturated carbocycles. The number of hydrogen-bond acceptors (Lipinski definition) is 4. The van der Waals surface area contributed by atoms with Gasteiger partial charge in [0.1, 0.15) is 6.04 Å². The summed E-state index contributed by atoms with van der Waals surface area (Å²) < 4.78 is 4.59. The Kier molecular flexibility index (Phi) is 3.50. The minimum atomic E-state index is -0.984. The van der Waals surface area contributed by atoms with E-state index >= 15 is 0 Å². The Balaban J connectivity index is 2.20. The Morgan fingerprint density at radius 1 is 1.37 bits per heavy atom. The molecule has 6 heteroatoms. The molecule has 0 aromatic heterocycles. The van der Waals surface area contributed by atoms with E-state index in [1.165, 1.54) is 4.90 Å². The quantitative estimate of drug-likeness (QED) is 0.617. The lowest BCUT2D eigenvalue weighted by Crippen LogP contribution is -2.40. The third-order valence-electron chi connectivity index (χ3n) is 2.92. The fourth-order valence-corrected chi connectivity index (χ4v) is 2.01. The summed E-state index contributed by atoms with van der Waals surface area (Å²) in [6, 6.07) is 6.27. The van der Waals surface area contributed by atoms with Gasteiger partial charge in [-0.1, -0.05) is 18.2 Å². The summed E-state index contributed by atoms with van der Waals surface area (Å²) in [4.78, 5) is 36.4. The largest absolute Gasteiger partial charge is 0.459 e. The number of nitrogens with zero attached hydrogens (tertiary/aromatic N) is 1. The first kappa shape index (κ1) is 13.1. The molecule has 100 valence electrons. The highest BCUT2D eigenvalue weighted by Crippen LogP contribution is 2.34. The second-order valence-corrected chi connectivity index (χ2v) is 4.08. The Bertz CT molecular complexity index is 541. The summed E-state index contributed by atoms with van der Waals surface area (Å²) in [5.41, 5.74) is 1.40. The molecule has 0 fully saturated rings. The zero-order valence-corrected chi connectivity index (χ0v) is 10.7. The van der Waals surface area contributed by atoms with Crippen LogP contribution in [0.25, 0.3) is 0 Å². The highest BCUT2D eigenvalue weighted by molar-refractivity contribution is 6.33. The number of amides is 2. The number of esters is 1. The smallest absolute Gasteiger partial charge is 0.396 e. The molecule has 0 bridgehead atoms. The van der Waals surface area contributed by atoms with E-state index < -0.39 is 17.9 Å². The molecule has 19 heavy (non-hydrogen) atoms. The van der Waals surface area contributed by atoms with Crippen LogP contribution in [-0.2, 0) is 19.1 Å². The van der Waals surface area contributed by atoms with Crippen LogP contribution in [0.2, 0.25) is 0 Å². The lowest BCUT2D eigenvalue weighted by molar-refractivity contribution is -0.155. The van der Waals surface area contributed by atoms with E-state index in [0.717, 1.165) is 5.69 Å². The average molecular weight is 262 g/mol. The fraction of sp³-hybridized carbons (Fsp3) is 0.308. The van der Waals surface area contributed by atoms with Crippen LogP contribution in [0, 0.1) is 0 Å². The van der Waals surface area contributed by atoms with Crippen LogP contribution < -0.4 is 10.2 Å². The van der Waals surface area contributed by atoms with E-state index in [2.05, 4.69) is 10.1 Å². The topological polar surface area (TPSA) is 75.7 Å². The lowest BCUT2D eigenvalue weighted by Gasteiger charge is -2.12. The van der Waals surface area contributed by atoms with Crippen molar-refractivity contribution < 1.29 is 19.1 Å². The SMILES string of the molecule is CCOC(=O)C(=O)N[C@H]1C(=O)N(C)c2ccccc21. The van der Waals surface area contributed by atoms with Gasteiger partial charge in [0.25, 0.3) is 5.91 Å². The van der Waals surface area contributed by atoms with Crippen LogP contribution in [0.3, 0.4) is 0 Å². The maximum Gasteiger partial charge on any atom is 0.396 e. The molecule has 0 spiro atoms. The van der Waals surface area contributed by atoms with Crippen molar-refractivity contribution in [3.05, 3.63) is 29.8 Å². The summed E-state index contributed by atoms with van der Waals surface area (Å²) >= 11 is 0. The average Bonchev–Trinajstić information content (AvgIpc) is 2.65. The normalized spacial score (nSPS) is 17.1. The summed E-state index contributed by atoms with van der Waals surface area (Å²) in [5.74, 6) is -2.17. The van der Waals surface area contributed by atoms with Gasteiger partial charge < -0.3 is 15.0 Å². The molecule has 2 rings (SSSR count). The van der Waals surface area contributed by atoms with E-state index in [4.69, 9.17) is 0 Å². The molecule has 0 saturated heterocycles. The number of ether oxygens (including phenoxy) is 1. The highest BCUT2D eigenvalue weighted by atomic mass is 16.5. The second kappa shape index (κ2) is 5.09. The van der Waals surface area contributed by atoms with Gasteiger partial charge >= 0.3 is 11.9 Å². The Labute approximate surface area is 110 Å². The van der Waals surface area contributed by atoms with Crippen LogP contribution in [0.1, 0.15) is 18.5 Å². The Morgan fingerprint density at radius 3 is 2.74 bits per heavy atom. The predicted molar refractivity (Wildman–Crippen MR) is 67.4 cm³/mol. The van der Waals surface area contributed by atoms with Crippen molar-refractivity contribution >= 4 is 23.5 Å². The standard InChI is InChI=1S/C13H14N2O4/c1-3-19-13(18)11(16)14-10-8-6-4-5-7-9(8)15(2)12(10)17/h4-7,10H,3H2,1-2H3,(H,14,16)/t10-/m1/s1. The molecule has 1 aliphatic heterocycles. The van der Waals surface area contributed by atoms with Gasteiger partial charge in [0.05, 0.1) is 6.61 Å². The second-order valence-electron chi connectivity index (χ2n) is 4.08. The molecule has 1 N–H and O–H groups in total. The number of carbonyl (C=O) groups excluding carboxylic acids is 3. The molecule has 0 unspecified atom stereocenters. The number of carbonyl (C=O) groups is 3. The summed E-state index contributed by atoms with van der Waals surface area (Å²) in [6.07, 6.45) is 0. The molecule has 0 aliphatic carbocycles. The number of para-hydroxylation sites is 1. The van der Waals surface area contributed by atoms with Gasteiger partial charge in [-0.25, -0.2) is 4.79 Å². The zero-order chi connectivity index (χ0) is 14.0. The number of rotatable bonds is 2. The number of fused-ring (bicyclic) bond motifs is 1. The Morgan fingerprint density at radius 2 is 2.05 bits per heavy atom. The van der Waals surface area contributed by atoms with Gasteiger partial charge in [-0.2, -0.15) is 0 Å². The zero-order valence-electron chi connectivity index (χ0n) is 10.7. The molecule has 2 amide bonds. The first-order valence-electron chi connectivity index (χ1n) is 5.90. The molecule has 1 heterocycles. The molecule has 1 atom stereocenters. The lowest BCUT2D eigenvalue weighted by atomic mass is 10.1. The number of nitrogens with one attached hydrogen (secondary N) is 1. The highest BCUT2D eigenvalue weighted by Gasteiger charge is 2.37. The van der Waals surface area contributed by atoms with E-state index in [1.54, 1.807) is 38.2 Å². The molecule has 1 aromatic rings. The number of hydrogen-bond donors (Lipinski definition) is 1. The third kappa shape index (κ3) is 2.29. The first-order valence-corrected chi connectivity index (χ1v) is 5.90. The first-order chi connectivity index (χ1) is 9.06. The molecule has 1 aromatic carbocycles. The van der Waals surface area contributed by atoms with Gasteiger partial charge in [-0.15, -0.1) is 0 Å². The third-order valence-corrected chi connectivity index (χ3v) is 2.92. The van der Waals surface area contributed by atoms with Crippen LogP contribution in [0.15, 0.2) is 24.3 Å². The maximum absolute atomic E-state index is 12.0. The van der Waals surface area contributed by atoms with E-state index in [0.29, 0.717) is 5.56 Å². The van der Waals surface area contributed by atoms with Crippen molar-refractivity contribution in [2.24, 2.45) is 0 Å². The summed E-state index contributed by atoms with van der Waals surface area (Å²) in [5, 5.41) is 2.40. The van der Waals surface area contributed by atoms with Crippen molar-refractivity contribution in [2.75, 3.05) is 18.6 Å². The maximum atomic E-state index is 12.0. The summed E-state index contributed by atoms with van der Waals surface area (Å²) in [7, 11) is 1.62. The van der Waals surface area contributed by atoms with Crippen molar-refractivity contribution in [2.45, 2.75) is 13.0 Å². The van der Waals surface area contributed by atoms with Crippen molar-refractivity contribution in [1.82, 2.24) is 5.32 Å². The van der Waals surface area contributed by atoms with Gasteiger partial charge in [-0.3, -0.25) is 9.59 Å². The number of anilines is 1. The minimum absolute atomic E-state index is 0.112. The van der Waals surface area contributed by atoms with Gasteiger partial charge in [0, 0.05) is 18.3 Å². The molecule has 6 nitrogen and oxygen atoms in total. The predicted octanol–water partition coefficient (Wildman–Crippen LogP) is 0.383. The van der Waals surface area contributed by atoms with E-state index in [-0.39, 0.29) is 12.5 Å². The van der Waals surface area contributed by atoms with Gasteiger partial charge in [0.15, 0.2) is 0 Å². The number of likely N-dealkylation sites (N-methyl/N-ethyl adjacent to an activating group) is 1. The van der Waals surface area contributed by atoms with Crippen LogP contribution in [0.5, 0.6) is 0 Å². The fourth-order valence-electron chi connectivity index (χ4n) is 2.01. The minimum Gasteiger partial charge on any atom is -0.459 e.